The van der Waals surface area contributed by atoms with Gasteiger partial charge in [-0.05, 0) is 19.3 Å². The smallest absolute Gasteiger partial charge is 0.263 e. The maximum atomic E-state index is 12.6. The number of hydrogen-bond acceptors (Lipinski definition) is 11. The van der Waals surface area contributed by atoms with Crippen molar-refractivity contribution in [3.8, 4) is 11.8 Å². The van der Waals surface area contributed by atoms with E-state index in [2.05, 4.69) is 32.4 Å². The Kier molecular flexibility index (Phi) is 17.6. The van der Waals surface area contributed by atoms with Crippen LogP contribution >= 0.6 is 11.6 Å². The molecular formula is C31H47ClN6O9. The standard InChI is InChI=1S/C31H47ClN6O9/c32-10-3-1-2-4-13-45-17-18-46-16-12-35-26(42)9-5-8-25(41)34-11-15-44-14-6-7-22-20-38(27-19-23(40)24(21-39)47-27)29-28(22)30(43)37-31(33)36-29/h20,23-24,27,39-40H,1-5,8-19,21H2,(H,34,41)(H,35,42)(H3,33,36,37,43). The minimum absolute atomic E-state index is 0.0421. The minimum atomic E-state index is -0.872. The SMILES string of the molecule is Nc1nc2c(c(C#CCOCCNC(=O)CCCC(=O)NCCOCCOCCCCCCCl)cn2C2CC(O)C(CO)O2)c(=O)[nH]1. The Bertz CT molecular complexity index is 1370. The van der Waals surface area contributed by atoms with Crippen LogP contribution in [-0.4, -0.2) is 114 Å². The lowest BCUT2D eigenvalue weighted by molar-refractivity contribution is -0.122. The fourth-order valence-corrected chi connectivity index (χ4v) is 5.07. The van der Waals surface area contributed by atoms with Gasteiger partial charge in [0, 0.05) is 51.0 Å². The van der Waals surface area contributed by atoms with Crippen molar-refractivity contribution in [3.05, 3.63) is 22.1 Å². The first-order chi connectivity index (χ1) is 22.8. The monoisotopic (exact) mass is 682 g/mol. The summed E-state index contributed by atoms with van der Waals surface area (Å²) in [4.78, 5) is 43.3. The number of ether oxygens (including phenoxy) is 4. The quantitative estimate of drug-likeness (QED) is 0.0573. The highest BCUT2D eigenvalue weighted by Gasteiger charge is 2.35. The summed E-state index contributed by atoms with van der Waals surface area (Å²) in [5.41, 5.74) is 5.89. The Morgan fingerprint density at radius 2 is 1.72 bits per heavy atom. The lowest BCUT2D eigenvalue weighted by atomic mass is 10.2. The molecule has 3 unspecified atom stereocenters. The number of carbonyl (C=O) groups excluding carboxylic acids is 2. The number of aromatic nitrogens is 3. The molecule has 47 heavy (non-hydrogen) atoms. The molecule has 0 radical (unpaired) electrons. The van der Waals surface area contributed by atoms with Gasteiger partial charge < -0.3 is 50.1 Å². The third-order valence-electron chi connectivity index (χ3n) is 7.28. The molecule has 3 rings (SSSR count). The van der Waals surface area contributed by atoms with Gasteiger partial charge in [-0.15, -0.1) is 11.6 Å². The van der Waals surface area contributed by atoms with E-state index in [1.54, 1.807) is 10.8 Å². The first-order valence-corrected chi connectivity index (χ1v) is 16.5. The Balaban J connectivity index is 1.25. The molecule has 1 saturated heterocycles. The van der Waals surface area contributed by atoms with Crippen molar-refractivity contribution in [1.29, 1.82) is 0 Å². The lowest BCUT2D eigenvalue weighted by Crippen LogP contribution is -2.29. The average Bonchev–Trinajstić information content (AvgIpc) is 3.60. The maximum Gasteiger partial charge on any atom is 0.263 e. The molecule has 2 aromatic rings. The number of nitrogens with one attached hydrogen (secondary N) is 3. The van der Waals surface area contributed by atoms with Gasteiger partial charge >= 0.3 is 0 Å². The third-order valence-corrected chi connectivity index (χ3v) is 7.55. The number of H-pyrrole nitrogens is 1. The molecule has 15 nitrogen and oxygen atoms in total. The number of alkyl halides is 1. The van der Waals surface area contributed by atoms with Crippen LogP contribution in [0, 0.1) is 11.8 Å². The van der Waals surface area contributed by atoms with Gasteiger partial charge in [0.15, 0.2) is 5.65 Å². The molecule has 2 amide bonds. The summed E-state index contributed by atoms with van der Waals surface area (Å²) in [7, 11) is 0. The van der Waals surface area contributed by atoms with Crippen molar-refractivity contribution in [1.82, 2.24) is 25.2 Å². The van der Waals surface area contributed by atoms with Gasteiger partial charge in [-0.1, -0.05) is 24.7 Å². The zero-order chi connectivity index (χ0) is 33.9. The molecular weight excluding hydrogens is 636 g/mol. The number of aliphatic hydroxyl groups excluding tert-OH is 2. The second kappa shape index (κ2) is 21.6. The van der Waals surface area contributed by atoms with Crippen molar-refractivity contribution in [3.63, 3.8) is 0 Å². The van der Waals surface area contributed by atoms with Crippen molar-refractivity contribution in [2.75, 3.05) is 71.0 Å². The molecule has 0 aliphatic carbocycles. The molecule has 2 aromatic heterocycles. The Labute approximate surface area is 278 Å². The highest BCUT2D eigenvalue weighted by atomic mass is 35.5. The average molecular weight is 683 g/mol. The highest BCUT2D eigenvalue weighted by Crippen LogP contribution is 2.32. The first-order valence-electron chi connectivity index (χ1n) is 16.0. The number of nitrogens with zero attached hydrogens (tertiary/aromatic N) is 2. The molecule has 1 aliphatic rings. The summed E-state index contributed by atoms with van der Waals surface area (Å²) in [6.45, 7) is 2.70. The number of aromatic amines is 1. The van der Waals surface area contributed by atoms with Crippen LogP contribution in [0.4, 0.5) is 5.95 Å². The van der Waals surface area contributed by atoms with E-state index in [0.29, 0.717) is 50.8 Å². The van der Waals surface area contributed by atoms with E-state index in [-0.39, 0.29) is 74.4 Å². The predicted molar refractivity (Wildman–Crippen MR) is 175 cm³/mol. The van der Waals surface area contributed by atoms with Gasteiger partial charge in [0.05, 0.1) is 50.1 Å². The normalized spacial score (nSPS) is 17.5. The zero-order valence-corrected chi connectivity index (χ0v) is 27.4. The van der Waals surface area contributed by atoms with Gasteiger partial charge in [0.25, 0.3) is 5.56 Å². The van der Waals surface area contributed by atoms with Gasteiger partial charge in [0.2, 0.25) is 17.8 Å². The zero-order valence-electron chi connectivity index (χ0n) is 26.6. The molecule has 1 aliphatic heterocycles. The molecule has 262 valence electrons. The number of fused-ring (bicyclic) bond motifs is 1. The summed E-state index contributed by atoms with van der Waals surface area (Å²) in [5.74, 6) is 6.05. The van der Waals surface area contributed by atoms with E-state index in [1.807, 2.05) is 0 Å². The minimum Gasteiger partial charge on any atom is -0.394 e. The van der Waals surface area contributed by atoms with Gasteiger partial charge in [-0.25, -0.2) is 0 Å². The van der Waals surface area contributed by atoms with Crippen LogP contribution in [0.3, 0.4) is 0 Å². The number of anilines is 1. The third kappa shape index (κ3) is 13.4. The van der Waals surface area contributed by atoms with Crippen molar-refractivity contribution in [2.24, 2.45) is 0 Å². The molecule has 0 saturated carbocycles. The van der Waals surface area contributed by atoms with Crippen LogP contribution in [0.15, 0.2) is 11.0 Å². The number of aliphatic hydroxyl groups is 2. The van der Waals surface area contributed by atoms with E-state index in [1.165, 1.54) is 0 Å². The highest BCUT2D eigenvalue weighted by molar-refractivity contribution is 6.17. The Hall–Kier alpha value is -3.23. The number of amides is 2. The fraction of sp³-hybridized carbons (Fsp3) is 0.677. The number of halogens is 1. The van der Waals surface area contributed by atoms with Gasteiger partial charge in [-0.3, -0.25) is 19.4 Å². The largest absolute Gasteiger partial charge is 0.394 e. The van der Waals surface area contributed by atoms with Crippen LogP contribution in [0.1, 0.15) is 63.2 Å². The summed E-state index contributed by atoms with van der Waals surface area (Å²) < 4.78 is 23.7. The Morgan fingerprint density at radius 3 is 2.40 bits per heavy atom. The van der Waals surface area contributed by atoms with Crippen molar-refractivity contribution < 1.29 is 38.7 Å². The number of nitrogen functional groups attached to an aromatic ring is 1. The topological polar surface area (TPSA) is 212 Å². The molecule has 0 aromatic carbocycles. The molecule has 0 spiro atoms. The van der Waals surface area contributed by atoms with Crippen LogP contribution < -0.4 is 21.9 Å². The van der Waals surface area contributed by atoms with Gasteiger partial charge in [-0.2, -0.15) is 4.98 Å². The first kappa shape index (κ1) is 38.2. The number of rotatable bonds is 22. The summed E-state index contributed by atoms with van der Waals surface area (Å²) in [5, 5.41) is 25.3. The van der Waals surface area contributed by atoms with Crippen molar-refractivity contribution >= 4 is 40.4 Å². The van der Waals surface area contributed by atoms with E-state index >= 15 is 0 Å². The second-order valence-corrected chi connectivity index (χ2v) is 11.3. The summed E-state index contributed by atoms with van der Waals surface area (Å²) >= 11 is 5.65. The van der Waals surface area contributed by atoms with E-state index in [4.69, 9.17) is 36.3 Å². The van der Waals surface area contributed by atoms with E-state index in [9.17, 15) is 24.6 Å². The number of unbranched alkanes of at least 4 members (excludes halogenated alkanes) is 3. The second-order valence-electron chi connectivity index (χ2n) is 11.0. The Morgan fingerprint density at radius 1 is 1.04 bits per heavy atom. The summed E-state index contributed by atoms with van der Waals surface area (Å²) in [6, 6.07) is 0. The molecule has 1 fully saturated rings. The lowest BCUT2D eigenvalue weighted by Gasteiger charge is -2.14. The predicted octanol–water partition coefficient (Wildman–Crippen LogP) is 0.551. The van der Waals surface area contributed by atoms with Crippen LogP contribution in [0.2, 0.25) is 0 Å². The number of carbonyl (C=O) groups is 2. The maximum absolute atomic E-state index is 12.6. The van der Waals surface area contributed by atoms with Crippen LogP contribution in [0.5, 0.6) is 0 Å². The molecule has 7 N–H and O–H groups in total. The summed E-state index contributed by atoms with van der Waals surface area (Å²) in [6.07, 6.45) is 4.67. The number of nitrogens with two attached hydrogens (primary N) is 1. The molecule has 3 heterocycles. The fourth-order valence-electron chi connectivity index (χ4n) is 4.88. The van der Waals surface area contributed by atoms with Crippen LogP contribution in [0.25, 0.3) is 11.0 Å². The molecule has 16 heteroatoms. The van der Waals surface area contributed by atoms with Crippen LogP contribution in [-0.2, 0) is 28.5 Å². The van der Waals surface area contributed by atoms with Gasteiger partial charge in [0.1, 0.15) is 18.9 Å². The number of hydrogen-bond donors (Lipinski definition) is 6. The molecule has 3 atom stereocenters. The van der Waals surface area contributed by atoms with Crippen molar-refractivity contribution in [2.45, 2.75) is 69.8 Å². The molecule has 0 bridgehead atoms. The van der Waals surface area contributed by atoms with E-state index in [0.717, 1.165) is 25.7 Å². The van der Waals surface area contributed by atoms with E-state index < -0.39 is 24.0 Å².